The minimum Gasteiger partial charge on any atom is -0.406 e. The third-order valence-electron chi connectivity index (χ3n) is 6.53. The molecule has 8 nitrogen and oxygen atoms in total. The van der Waals surface area contributed by atoms with Crippen LogP contribution >= 0.6 is 11.8 Å². The van der Waals surface area contributed by atoms with Crippen LogP contribution in [0, 0.1) is 0 Å². The Labute approximate surface area is 242 Å². The van der Waals surface area contributed by atoms with Gasteiger partial charge in [0.25, 0.3) is 0 Å². The Morgan fingerprint density at radius 1 is 1.00 bits per heavy atom. The molecular formula is C30H23F3N6O2S. The van der Waals surface area contributed by atoms with Crippen molar-refractivity contribution in [3.05, 3.63) is 90.8 Å². The summed E-state index contributed by atoms with van der Waals surface area (Å²) in [6.45, 7) is 4.22. The number of amides is 1. The number of para-hydroxylation sites is 1. The first-order valence-corrected chi connectivity index (χ1v) is 14.0. The van der Waals surface area contributed by atoms with E-state index in [1.807, 2.05) is 48.5 Å². The summed E-state index contributed by atoms with van der Waals surface area (Å²) in [5.74, 6) is 1.09. The van der Waals surface area contributed by atoms with Gasteiger partial charge in [-0.2, -0.15) is 0 Å². The number of nitrogens with zero attached hydrogens (tertiary/aromatic N) is 6. The highest BCUT2D eigenvalue weighted by Crippen LogP contribution is 2.33. The number of aromatic nitrogens is 4. The first kappa shape index (κ1) is 27.5. The maximum Gasteiger partial charge on any atom is 0.573 e. The van der Waals surface area contributed by atoms with Crippen LogP contribution in [0.15, 0.2) is 90.2 Å². The topological polar surface area (TPSA) is 85.5 Å². The second-order valence-electron chi connectivity index (χ2n) is 9.76. The van der Waals surface area contributed by atoms with Crippen molar-refractivity contribution in [2.75, 3.05) is 10.7 Å². The molecule has 0 saturated carbocycles. The molecule has 42 heavy (non-hydrogen) atoms. The molecule has 212 valence electrons. The number of thioether (sulfide) groups is 1. The van der Waals surface area contributed by atoms with Gasteiger partial charge < -0.3 is 4.74 Å². The van der Waals surface area contributed by atoms with E-state index < -0.39 is 6.36 Å². The summed E-state index contributed by atoms with van der Waals surface area (Å²) in [5.41, 5.74) is 3.87. The van der Waals surface area contributed by atoms with Gasteiger partial charge in [0, 0.05) is 10.9 Å². The standard InChI is InChI=1S/C30H23F3N6O2S/c1-18(2)23-5-3-4-6-25(23)36-29-39(27(40)16-42-29)26-14-8-19-15-20(7-13-24(19)35-26)28-34-17-38(37-28)21-9-11-22(12-10-21)41-30(31,32)33/h3-15,17-18H,16H2,1-2H3. The van der Waals surface area contributed by atoms with Crippen LogP contribution in [0.25, 0.3) is 28.0 Å². The van der Waals surface area contributed by atoms with Gasteiger partial charge in [-0.15, -0.1) is 18.3 Å². The summed E-state index contributed by atoms with van der Waals surface area (Å²) in [4.78, 5) is 28.4. The average molecular weight is 589 g/mol. The Morgan fingerprint density at radius 3 is 2.55 bits per heavy atom. The molecule has 1 fully saturated rings. The van der Waals surface area contributed by atoms with Crippen LogP contribution in [0.2, 0.25) is 0 Å². The molecule has 1 aliphatic rings. The molecule has 2 aromatic heterocycles. The van der Waals surface area contributed by atoms with Gasteiger partial charge in [-0.3, -0.25) is 4.79 Å². The monoisotopic (exact) mass is 588 g/mol. The largest absolute Gasteiger partial charge is 0.573 e. The third kappa shape index (κ3) is 5.70. The van der Waals surface area contributed by atoms with E-state index in [-0.39, 0.29) is 23.3 Å². The first-order valence-electron chi connectivity index (χ1n) is 13.0. The first-order chi connectivity index (χ1) is 20.1. The molecule has 1 saturated heterocycles. The fourth-order valence-electron chi connectivity index (χ4n) is 4.55. The van der Waals surface area contributed by atoms with Gasteiger partial charge in [-0.25, -0.2) is 24.5 Å². The number of amidine groups is 1. The molecule has 12 heteroatoms. The highest BCUT2D eigenvalue weighted by atomic mass is 32.2. The highest BCUT2D eigenvalue weighted by molar-refractivity contribution is 8.15. The van der Waals surface area contributed by atoms with E-state index in [0.29, 0.717) is 28.0 Å². The fourth-order valence-corrected chi connectivity index (χ4v) is 5.42. The molecule has 0 aliphatic carbocycles. The molecule has 1 aliphatic heterocycles. The van der Waals surface area contributed by atoms with Crippen molar-refractivity contribution in [2.24, 2.45) is 4.99 Å². The maximum absolute atomic E-state index is 12.9. The van der Waals surface area contributed by atoms with Crippen molar-refractivity contribution in [1.82, 2.24) is 19.7 Å². The van der Waals surface area contributed by atoms with Crippen LogP contribution in [0.1, 0.15) is 25.3 Å². The lowest BCUT2D eigenvalue weighted by molar-refractivity contribution is -0.274. The van der Waals surface area contributed by atoms with Crippen molar-refractivity contribution in [3.63, 3.8) is 0 Å². The summed E-state index contributed by atoms with van der Waals surface area (Å²) in [5, 5.41) is 5.88. The van der Waals surface area contributed by atoms with E-state index in [1.54, 1.807) is 11.0 Å². The van der Waals surface area contributed by atoms with E-state index in [2.05, 4.69) is 28.7 Å². The molecule has 3 heterocycles. The predicted octanol–water partition coefficient (Wildman–Crippen LogP) is 7.27. The lowest BCUT2D eigenvalue weighted by atomic mass is 10.0. The number of benzene rings is 3. The number of alkyl halides is 3. The molecule has 5 aromatic rings. The van der Waals surface area contributed by atoms with Crippen LogP contribution < -0.4 is 9.64 Å². The summed E-state index contributed by atoms with van der Waals surface area (Å²) >= 11 is 1.39. The number of ether oxygens (including phenoxy) is 1. The van der Waals surface area contributed by atoms with Crippen LogP contribution in [0.5, 0.6) is 5.75 Å². The molecule has 3 aromatic carbocycles. The number of hydrogen-bond acceptors (Lipinski definition) is 7. The van der Waals surface area contributed by atoms with Crippen LogP contribution in [-0.4, -0.2) is 42.9 Å². The molecule has 0 N–H and O–H groups in total. The van der Waals surface area contributed by atoms with Crippen LogP contribution in [0.4, 0.5) is 24.7 Å². The Bertz CT molecular complexity index is 1820. The van der Waals surface area contributed by atoms with Crippen LogP contribution in [-0.2, 0) is 4.79 Å². The average Bonchev–Trinajstić information content (AvgIpc) is 3.59. The smallest absolute Gasteiger partial charge is 0.406 e. The fraction of sp³-hybridized carbons (Fsp3) is 0.167. The van der Waals surface area contributed by atoms with Gasteiger partial charge in [-0.05, 0) is 72.1 Å². The Hall–Kier alpha value is -4.71. The van der Waals surface area contributed by atoms with E-state index in [0.717, 1.165) is 22.2 Å². The van der Waals surface area contributed by atoms with E-state index in [1.165, 1.54) is 47.0 Å². The van der Waals surface area contributed by atoms with Gasteiger partial charge in [0.1, 0.15) is 17.9 Å². The van der Waals surface area contributed by atoms with E-state index in [9.17, 15) is 18.0 Å². The number of anilines is 1. The Morgan fingerprint density at radius 2 is 1.79 bits per heavy atom. The molecule has 0 bridgehead atoms. The second kappa shape index (κ2) is 10.9. The summed E-state index contributed by atoms with van der Waals surface area (Å²) in [7, 11) is 0. The normalized spacial score (nSPS) is 14.9. The highest BCUT2D eigenvalue weighted by Gasteiger charge is 2.32. The predicted molar refractivity (Wildman–Crippen MR) is 156 cm³/mol. The van der Waals surface area contributed by atoms with Crippen LogP contribution in [0.3, 0.4) is 0 Å². The number of carbonyl (C=O) groups excluding carboxylic acids is 1. The minimum absolute atomic E-state index is 0.0861. The van der Waals surface area contributed by atoms with E-state index in [4.69, 9.17) is 9.98 Å². The van der Waals surface area contributed by atoms with Crippen molar-refractivity contribution < 1.29 is 22.7 Å². The number of aliphatic imine (C=N–C) groups is 1. The van der Waals surface area contributed by atoms with Gasteiger partial charge in [0.15, 0.2) is 11.0 Å². The molecule has 0 unspecified atom stereocenters. The lowest BCUT2D eigenvalue weighted by Crippen LogP contribution is -2.30. The van der Waals surface area contributed by atoms with Gasteiger partial charge in [0.2, 0.25) is 5.91 Å². The van der Waals surface area contributed by atoms with Gasteiger partial charge in [-0.1, -0.05) is 43.8 Å². The van der Waals surface area contributed by atoms with E-state index >= 15 is 0 Å². The molecular weight excluding hydrogens is 565 g/mol. The van der Waals surface area contributed by atoms with Crippen molar-refractivity contribution in [3.8, 4) is 22.8 Å². The van der Waals surface area contributed by atoms with Crippen molar-refractivity contribution in [2.45, 2.75) is 26.1 Å². The summed E-state index contributed by atoms with van der Waals surface area (Å²) < 4.78 is 42.7. The quantitative estimate of drug-likeness (QED) is 0.207. The van der Waals surface area contributed by atoms with Gasteiger partial charge >= 0.3 is 6.36 Å². The second-order valence-corrected chi connectivity index (χ2v) is 10.7. The minimum atomic E-state index is -4.76. The lowest BCUT2D eigenvalue weighted by Gasteiger charge is -2.17. The van der Waals surface area contributed by atoms with Crippen molar-refractivity contribution in [1.29, 1.82) is 0 Å². The number of pyridine rings is 1. The van der Waals surface area contributed by atoms with Crippen molar-refractivity contribution >= 4 is 45.2 Å². The molecule has 0 atom stereocenters. The zero-order valence-corrected chi connectivity index (χ0v) is 23.2. The zero-order valence-electron chi connectivity index (χ0n) is 22.4. The Kier molecular flexibility index (Phi) is 7.15. The zero-order chi connectivity index (χ0) is 29.4. The molecule has 1 amide bonds. The number of rotatable bonds is 6. The molecule has 0 spiro atoms. The SMILES string of the molecule is CC(C)c1ccccc1N=C1SCC(=O)N1c1ccc2cc(-c3ncn(-c4ccc(OC(F)(F)F)cc4)n3)ccc2n1. The Balaban J connectivity index is 1.25. The maximum atomic E-state index is 12.9. The third-order valence-corrected chi connectivity index (χ3v) is 7.45. The number of halogens is 3. The van der Waals surface area contributed by atoms with Gasteiger partial charge in [0.05, 0.1) is 22.6 Å². The number of carbonyl (C=O) groups is 1. The summed E-state index contributed by atoms with van der Waals surface area (Å²) in [6.07, 6.45) is -3.28. The summed E-state index contributed by atoms with van der Waals surface area (Å²) in [6, 6.07) is 22.5. The number of hydrogen-bond donors (Lipinski definition) is 0. The number of fused-ring (bicyclic) bond motifs is 1. The molecule has 6 rings (SSSR count). The molecule has 0 radical (unpaired) electrons.